The van der Waals surface area contributed by atoms with Crippen molar-refractivity contribution >= 4 is 34.6 Å². The van der Waals surface area contributed by atoms with Crippen molar-refractivity contribution in [3.05, 3.63) is 66.0 Å². The van der Waals surface area contributed by atoms with Crippen LogP contribution in [0.15, 0.2) is 54.9 Å². The van der Waals surface area contributed by atoms with Crippen LogP contribution >= 0.6 is 0 Å². The molecule has 6 nitrogen and oxygen atoms in total. The molecule has 0 atom stereocenters. The number of rotatable bonds is 5. The van der Waals surface area contributed by atoms with Gasteiger partial charge >= 0.3 is 0 Å². The summed E-state index contributed by atoms with van der Waals surface area (Å²) in [5, 5.41) is 9.32. The van der Waals surface area contributed by atoms with Gasteiger partial charge in [0.15, 0.2) is 0 Å². The van der Waals surface area contributed by atoms with E-state index < -0.39 is 0 Å². The normalized spacial score (nSPS) is 10.3. The molecule has 0 spiro atoms. The molecule has 2 aromatic carbocycles. The first-order valence-corrected chi connectivity index (χ1v) is 8.30. The first kappa shape index (κ1) is 17.4. The molecule has 0 aliphatic rings. The maximum absolute atomic E-state index is 11.2. The molecule has 0 radical (unpaired) electrons. The molecular weight excluding hydrogens is 326 g/mol. The van der Waals surface area contributed by atoms with Crippen LogP contribution in [-0.2, 0) is 4.79 Å². The van der Waals surface area contributed by atoms with Crippen molar-refractivity contribution in [1.29, 1.82) is 0 Å². The van der Waals surface area contributed by atoms with Crippen LogP contribution in [-0.4, -0.2) is 15.9 Å². The lowest BCUT2D eigenvalue weighted by Gasteiger charge is -2.12. The number of carbonyl (C=O) groups is 1. The van der Waals surface area contributed by atoms with Gasteiger partial charge in [-0.3, -0.25) is 4.79 Å². The Labute approximate surface area is 152 Å². The number of nitrogens with one attached hydrogen (secondary N) is 3. The molecule has 26 heavy (non-hydrogen) atoms. The third-order valence-electron chi connectivity index (χ3n) is 3.78. The molecule has 0 saturated carbocycles. The number of aryl methyl sites for hydroxylation is 2. The lowest BCUT2D eigenvalue weighted by Crippen LogP contribution is -2.06. The molecule has 132 valence electrons. The van der Waals surface area contributed by atoms with Gasteiger partial charge in [0.05, 0.1) is 0 Å². The summed E-state index contributed by atoms with van der Waals surface area (Å²) in [4.78, 5) is 19.7. The zero-order valence-electron chi connectivity index (χ0n) is 15.0. The molecule has 1 heterocycles. The summed E-state index contributed by atoms with van der Waals surface area (Å²) in [5.74, 6) is 1.26. The first-order chi connectivity index (χ1) is 12.5. The van der Waals surface area contributed by atoms with Crippen LogP contribution in [0, 0.1) is 13.8 Å². The van der Waals surface area contributed by atoms with E-state index >= 15 is 0 Å². The van der Waals surface area contributed by atoms with Gasteiger partial charge in [0, 0.05) is 30.1 Å². The molecular formula is C20H21N5O. The van der Waals surface area contributed by atoms with Crippen LogP contribution in [0.5, 0.6) is 0 Å². The van der Waals surface area contributed by atoms with Crippen molar-refractivity contribution in [2.75, 3.05) is 16.0 Å². The molecule has 3 N–H and O–H groups in total. The monoisotopic (exact) mass is 347 g/mol. The van der Waals surface area contributed by atoms with Crippen molar-refractivity contribution in [1.82, 2.24) is 9.97 Å². The first-order valence-electron chi connectivity index (χ1n) is 8.30. The second kappa shape index (κ2) is 7.65. The van der Waals surface area contributed by atoms with Gasteiger partial charge in [-0.05, 0) is 49.2 Å². The van der Waals surface area contributed by atoms with Gasteiger partial charge in [-0.15, -0.1) is 0 Å². The lowest BCUT2D eigenvalue weighted by atomic mass is 10.1. The van der Waals surface area contributed by atoms with Crippen molar-refractivity contribution < 1.29 is 4.79 Å². The molecule has 0 saturated heterocycles. The van der Waals surface area contributed by atoms with E-state index in [1.54, 1.807) is 0 Å². The van der Waals surface area contributed by atoms with Gasteiger partial charge in [-0.25, -0.2) is 9.97 Å². The largest absolute Gasteiger partial charge is 0.340 e. The summed E-state index contributed by atoms with van der Waals surface area (Å²) < 4.78 is 0. The highest BCUT2D eigenvalue weighted by molar-refractivity contribution is 5.89. The van der Waals surface area contributed by atoms with Gasteiger partial charge < -0.3 is 16.0 Å². The average molecular weight is 347 g/mol. The topological polar surface area (TPSA) is 78.9 Å². The third-order valence-corrected chi connectivity index (χ3v) is 3.78. The molecule has 6 heteroatoms. The number of amides is 1. The molecule has 3 aromatic rings. The Hall–Kier alpha value is -3.41. The molecule has 0 unspecified atom stereocenters. The molecule has 1 amide bonds. The van der Waals surface area contributed by atoms with E-state index in [2.05, 4.69) is 58.0 Å². The summed E-state index contributed by atoms with van der Waals surface area (Å²) in [6, 6.07) is 15.5. The Morgan fingerprint density at radius 3 is 2.38 bits per heavy atom. The molecule has 0 aliphatic heterocycles. The van der Waals surface area contributed by atoms with E-state index in [9.17, 15) is 4.79 Å². The predicted molar refractivity (Wildman–Crippen MR) is 105 cm³/mol. The highest BCUT2D eigenvalue weighted by Gasteiger charge is 2.04. The number of hydrogen-bond acceptors (Lipinski definition) is 5. The number of nitrogens with zero attached hydrogens (tertiary/aromatic N) is 2. The van der Waals surface area contributed by atoms with E-state index in [1.165, 1.54) is 18.8 Å². The smallest absolute Gasteiger partial charge is 0.221 e. The summed E-state index contributed by atoms with van der Waals surface area (Å²) >= 11 is 0. The van der Waals surface area contributed by atoms with Crippen molar-refractivity contribution in [2.24, 2.45) is 0 Å². The molecule has 0 fully saturated rings. The fourth-order valence-electron chi connectivity index (χ4n) is 2.53. The van der Waals surface area contributed by atoms with Crippen LogP contribution in [0.3, 0.4) is 0 Å². The maximum atomic E-state index is 11.2. The summed E-state index contributed by atoms with van der Waals surface area (Å²) in [6.45, 7) is 5.59. The Morgan fingerprint density at radius 1 is 0.885 bits per heavy atom. The van der Waals surface area contributed by atoms with Crippen LogP contribution in [0.4, 0.5) is 28.7 Å². The highest BCUT2D eigenvalue weighted by atomic mass is 16.1. The maximum Gasteiger partial charge on any atom is 0.221 e. The van der Waals surface area contributed by atoms with Gasteiger partial charge in [0.25, 0.3) is 0 Å². The predicted octanol–water partition coefficient (Wildman–Crippen LogP) is 4.54. The fraction of sp³-hybridized carbons (Fsp3) is 0.150. The van der Waals surface area contributed by atoms with E-state index in [0.717, 1.165) is 22.6 Å². The minimum atomic E-state index is -0.107. The number of aromatic nitrogens is 2. The van der Waals surface area contributed by atoms with E-state index in [-0.39, 0.29) is 5.91 Å². The number of anilines is 5. The standard InChI is InChI=1S/C20H21N5O/c1-13-7-8-14(2)18(9-13)25-20-11-19(21-12-22-20)24-17-6-4-5-16(10-17)23-15(3)26/h4-12H,1-3H3,(H,23,26)(H2,21,22,24,25). The van der Waals surface area contributed by atoms with Gasteiger partial charge in [0.2, 0.25) is 5.91 Å². The van der Waals surface area contributed by atoms with E-state index in [0.29, 0.717) is 11.6 Å². The SMILES string of the molecule is CC(=O)Nc1cccc(Nc2cc(Nc3cc(C)ccc3C)ncn2)c1. The van der Waals surface area contributed by atoms with Crippen molar-refractivity contribution in [3.63, 3.8) is 0 Å². The van der Waals surface area contributed by atoms with Crippen LogP contribution in [0.2, 0.25) is 0 Å². The van der Waals surface area contributed by atoms with Crippen LogP contribution in [0.1, 0.15) is 18.1 Å². The number of benzene rings is 2. The van der Waals surface area contributed by atoms with Gasteiger partial charge in [-0.1, -0.05) is 18.2 Å². The van der Waals surface area contributed by atoms with Gasteiger partial charge in [0.1, 0.15) is 18.0 Å². The average Bonchev–Trinajstić information content (AvgIpc) is 2.58. The summed E-state index contributed by atoms with van der Waals surface area (Å²) in [6.07, 6.45) is 1.51. The Balaban J connectivity index is 1.77. The second-order valence-electron chi connectivity index (χ2n) is 6.12. The Morgan fingerprint density at radius 2 is 1.62 bits per heavy atom. The quantitative estimate of drug-likeness (QED) is 0.631. The van der Waals surface area contributed by atoms with Gasteiger partial charge in [-0.2, -0.15) is 0 Å². The fourth-order valence-corrected chi connectivity index (χ4v) is 2.53. The molecule has 1 aromatic heterocycles. The molecule has 0 aliphatic carbocycles. The minimum absolute atomic E-state index is 0.107. The van der Waals surface area contributed by atoms with Crippen LogP contribution in [0.25, 0.3) is 0 Å². The Bertz CT molecular complexity index is 939. The molecule has 0 bridgehead atoms. The summed E-state index contributed by atoms with van der Waals surface area (Å²) in [7, 11) is 0. The Kier molecular flexibility index (Phi) is 5.12. The van der Waals surface area contributed by atoms with Crippen molar-refractivity contribution in [2.45, 2.75) is 20.8 Å². The van der Waals surface area contributed by atoms with E-state index in [4.69, 9.17) is 0 Å². The lowest BCUT2D eigenvalue weighted by molar-refractivity contribution is -0.114. The zero-order valence-corrected chi connectivity index (χ0v) is 15.0. The number of hydrogen-bond donors (Lipinski definition) is 3. The number of carbonyl (C=O) groups excluding carboxylic acids is 1. The molecule has 3 rings (SSSR count). The summed E-state index contributed by atoms with van der Waals surface area (Å²) in [5.41, 5.74) is 4.90. The second-order valence-corrected chi connectivity index (χ2v) is 6.12. The van der Waals surface area contributed by atoms with Crippen LogP contribution < -0.4 is 16.0 Å². The zero-order chi connectivity index (χ0) is 18.5. The highest BCUT2D eigenvalue weighted by Crippen LogP contribution is 2.23. The minimum Gasteiger partial charge on any atom is -0.340 e. The van der Waals surface area contributed by atoms with E-state index in [1.807, 2.05) is 30.3 Å². The third kappa shape index (κ3) is 4.57. The van der Waals surface area contributed by atoms with Crippen molar-refractivity contribution in [3.8, 4) is 0 Å².